The highest BCUT2D eigenvalue weighted by molar-refractivity contribution is 6.32. The standard InChI is InChI=1S/C22H22ClNO2/c1-15-7-10-21(23)20(11-15)17-12-18-8-9-19(13-17)24(18)22(25)26-14-16-5-3-2-4-6-16/h2-7,10-12,18-19H,8-9,13-14H2,1H3. The van der Waals surface area contributed by atoms with Crippen LogP contribution in [0.25, 0.3) is 5.57 Å². The minimum Gasteiger partial charge on any atom is -0.445 e. The van der Waals surface area contributed by atoms with Crippen LogP contribution in [0.2, 0.25) is 5.02 Å². The highest BCUT2D eigenvalue weighted by Crippen LogP contribution is 2.40. The lowest BCUT2D eigenvalue weighted by Gasteiger charge is -2.33. The first-order chi connectivity index (χ1) is 12.6. The number of amides is 1. The molecule has 134 valence electrons. The average Bonchev–Trinajstić information content (AvgIpc) is 2.92. The van der Waals surface area contributed by atoms with Crippen LogP contribution in [0.3, 0.4) is 0 Å². The van der Waals surface area contributed by atoms with Crippen molar-refractivity contribution in [3.63, 3.8) is 0 Å². The largest absolute Gasteiger partial charge is 0.445 e. The molecule has 2 aromatic rings. The summed E-state index contributed by atoms with van der Waals surface area (Å²) >= 11 is 6.42. The van der Waals surface area contributed by atoms with E-state index in [1.807, 2.05) is 47.4 Å². The van der Waals surface area contributed by atoms with E-state index in [4.69, 9.17) is 16.3 Å². The fourth-order valence-corrected chi connectivity index (χ4v) is 4.23. The second kappa shape index (κ2) is 7.16. The van der Waals surface area contributed by atoms with Gasteiger partial charge >= 0.3 is 6.09 Å². The van der Waals surface area contributed by atoms with Crippen molar-refractivity contribution in [3.8, 4) is 0 Å². The van der Waals surface area contributed by atoms with Crippen molar-refractivity contribution in [1.29, 1.82) is 0 Å². The maximum atomic E-state index is 12.6. The number of fused-ring (bicyclic) bond motifs is 2. The quantitative estimate of drug-likeness (QED) is 0.706. The molecule has 0 radical (unpaired) electrons. The number of aryl methyl sites for hydroxylation is 1. The summed E-state index contributed by atoms with van der Waals surface area (Å²) in [7, 11) is 0. The molecular formula is C22H22ClNO2. The van der Waals surface area contributed by atoms with Crippen molar-refractivity contribution in [2.45, 2.75) is 44.9 Å². The number of hydrogen-bond acceptors (Lipinski definition) is 2. The Morgan fingerprint density at radius 1 is 1.19 bits per heavy atom. The first-order valence-corrected chi connectivity index (χ1v) is 9.46. The van der Waals surface area contributed by atoms with Gasteiger partial charge in [-0.3, -0.25) is 4.90 Å². The predicted molar refractivity (Wildman–Crippen MR) is 104 cm³/mol. The third-order valence-corrected chi connectivity index (χ3v) is 5.61. The zero-order valence-corrected chi connectivity index (χ0v) is 15.6. The Hall–Kier alpha value is -2.26. The van der Waals surface area contributed by atoms with E-state index in [2.05, 4.69) is 19.1 Å². The van der Waals surface area contributed by atoms with Gasteiger partial charge in [0.25, 0.3) is 0 Å². The van der Waals surface area contributed by atoms with Gasteiger partial charge in [0.15, 0.2) is 0 Å². The van der Waals surface area contributed by atoms with Gasteiger partial charge in [0.1, 0.15) is 6.61 Å². The Morgan fingerprint density at radius 2 is 2.00 bits per heavy atom. The van der Waals surface area contributed by atoms with Gasteiger partial charge in [-0.2, -0.15) is 0 Å². The normalized spacial score (nSPS) is 21.5. The van der Waals surface area contributed by atoms with Crippen LogP contribution in [0.1, 0.15) is 36.0 Å². The van der Waals surface area contributed by atoms with Crippen molar-refractivity contribution < 1.29 is 9.53 Å². The van der Waals surface area contributed by atoms with E-state index in [0.29, 0.717) is 6.61 Å². The maximum absolute atomic E-state index is 12.6. The molecule has 26 heavy (non-hydrogen) atoms. The predicted octanol–water partition coefficient (Wildman–Crippen LogP) is 5.61. The topological polar surface area (TPSA) is 29.5 Å². The van der Waals surface area contributed by atoms with Crippen LogP contribution >= 0.6 is 11.6 Å². The number of halogens is 1. The smallest absolute Gasteiger partial charge is 0.410 e. The maximum Gasteiger partial charge on any atom is 0.410 e. The second-order valence-electron chi connectivity index (χ2n) is 7.13. The molecule has 1 fully saturated rings. The number of hydrogen-bond donors (Lipinski definition) is 0. The van der Waals surface area contributed by atoms with E-state index in [1.165, 1.54) is 11.1 Å². The van der Waals surface area contributed by atoms with Crippen molar-refractivity contribution in [2.24, 2.45) is 0 Å². The molecule has 2 aromatic carbocycles. The molecule has 2 heterocycles. The molecule has 0 spiro atoms. The third kappa shape index (κ3) is 3.36. The molecule has 1 saturated heterocycles. The third-order valence-electron chi connectivity index (χ3n) is 5.28. The monoisotopic (exact) mass is 367 g/mol. The molecule has 0 saturated carbocycles. The number of nitrogens with zero attached hydrogens (tertiary/aromatic N) is 1. The first kappa shape index (κ1) is 17.2. The van der Waals surface area contributed by atoms with Crippen LogP contribution in [0.15, 0.2) is 54.6 Å². The molecule has 4 heteroatoms. The highest BCUT2D eigenvalue weighted by Gasteiger charge is 2.40. The summed E-state index contributed by atoms with van der Waals surface area (Å²) in [5, 5.41) is 0.779. The van der Waals surface area contributed by atoms with Crippen LogP contribution in [-0.2, 0) is 11.3 Å². The van der Waals surface area contributed by atoms with E-state index in [0.717, 1.165) is 35.4 Å². The Kier molecular flexibility index (Phi) is 4.73. The molecule has 2 aliphatic rings. The number of ether oxygens (including phenoxy) is 1. The Labute approximate surface area is 159 Å². The van der Waals surface area contributed by atoms with Gasteiger partial charge < -0.3 is 4.74 Å². The zero-order valence-electron chi connectivity index (χ0n) is 14.8. The van der Waals surface area contributed by atoms with E-state index in [9.17, 15) is 4.79 Å². The fourth-order valence-electron chi connectivity index (χ4n) is 3.99. The summed E-state index contributed by atoms with van der Waals surface area (Å²) in [6.07, 6.45) is 4.81. The molecule has 2 bridgehead atoms. The van der Waals surface area contributed by atoms with Gasteiger partial charge in [0, 0.05) is 11.1 Å². The van der Waals surface area contributed by atoms with E-state index >= 15 is 0 Å². The summed E-state index contributed by atoms with van der Waals surface area (Å²) in [4.78, 5) is 14.6. The lowest BCUT2D eigenvalue weighted by atomic mass is 9.94. The molecule has 2 atom stereocenters. The summed E-state index contributed by atoms with van der Waals surface area (Å²) < 4.78 is 5.56. The van der Waals surface area contributed by atoms with Crippen molar-refractivity contribution >= 4 is 23.3 Å². The molecule has 0 aromatic heterocycles. The number of carbonyl (C=O) groups is 1. The molecule has 2 unspecified atom stereocenters. The lowest BCUT2D eigenvalue weighted by molar-refractivity contribution is 0.0832. The summed E-state index contributed by atoms with van der Waals surface area (Å²) in [6, 6.07) is 16.2. The van der Waals surface area contributed by atoms with Crippen molar-refractivity contribution in [1.82, 2.24) is 4.90 Å². The molecule has 3 nitrogen and oxygen atoms in total. The fraction of sp³-hybridized carbons (Fsp3) is 0.318. The van der Waals surface area contributed by atoms with Crippen molar-refractivity contribution in [3.05, 3.63) is 76.3 Å². The Bertz CT molecular complexity index is 846. The van der Waals surface area contributed by atoms with Crippen molar-refractivity contribution in [2.75, 3.05) is 0 Å². The van der Waals surface area contributed by atoms with Crippen LogP contribution in [0.4, 0.5) is 4.79 Å². The number of rotatable bonds is 3. The van der Waals surface area contributed by atoms with Crippen LogP contribution < -0.4 is 0 Å². The minimum atomic E-state index is -0.216. The van der Waals surface area contributed by atoms with Crippen LogP contribution in [0, 0.1) is 6.92 Å². The highest BCUT2D eigenvalue weighted by atomic mass is 35.5. The van der Waals surface area contributed by atoms with Gasteiger partial charge in [0.2, 0.25) is 0 Å². The minimum absolute atomic E-state index is 0.101. The van der Waals surface area contributed by atoms with Crippen LogP contribution in [-0.4, -0.2) is 23.1 Å². The number of benzene rings is 2. The Balaban J connectivity index is 1.50. The van der Waals surface area contributed by atoms with E-state index in [-0.39, 0.29) is 18.2 Å². The van der Waals surface area contributed by atoms with Gasteiger partial charge in [0.05, 0.1) is 6.04 Å². The molecule has 2 aliphatic heterocycles. The van der Waals surface area contributed by atoms with Gasteiger partial charge in [-0.05, 0) is 49.0 Å². The van der Waals surface area contributed by atoms with Gasteiger partial charge in [-0.15, -0.1) is 0 Å². The SMILES string of the molecule is Cc1ccc(Cl)c(C2=CC3CCC(C2)N3C(=O)OCc2ccccc2)c1. The molecule has 0 N–H and O–H groups in total. The summed E-state index contributed by atoms with van der Waals surface area (Å²) in [6.45, 7) is 2.39. The molecule has 1 amide bonds. The average molecular weight is 368 g/mol. The number of carbonyl (C=O) groups excluding carboxylic acids is 1. The van der Waals surface area contributed by atoms with Gasteiger partial charge in [-0.25, -0.2) is 4.79 Å². The van der Waals surface area contributed by atoms with Gasteiger partial charge in [-0.1, -0.05) is 65.7 Å². The summed E-state index contributed by atoms with van der Waals surface area (Å²) in [5.74, 6) is 0. The molecule has 4 rings (SSSR count). The first-order valence-electron chi connectivity index (χ1n) is 9.08. The molecule has 0 aliphatic carbocycles. The molecular weight excluding hydrogens is 346 g/mol. The second-order valence-corrected chi connectivity index (χ2v) is 7.53. The van der Waals surface area contributed by atoms with E-state index in [1.54, 1.807) is 0 Å². The summed E-state index contributed by atoms with van der Waals surface area (Å²) in [5.41, 5.74) is 4.55. The lowest BCUT2D eigenvalue weighted by Crippen LogP contribution is -2.43. The van der Waals surface area contributed by atoms with Crippen LogP contribution in [0.5, 0.6) is 0 Å². The Morgan fingerprint density at radius 3 is 2.77 bits per heavy atom. The zero-order chi connectivity index (χ0) is 18.1. The van der Waals surface area contributed by atoms with E-state index < -0.39 is 0 Å².